The van der Waals surface area contributed by atoms with Crippen molar-refractivity contribution in [3.05, 3.63) is 55.1 Å². The third-order valence-corrected chi connectivity index (χ3v) is 4.79. The van der Waals surface area contributed by atoms with Crippen molar-refractivity contribution in [1.29, 1.82) is 0 Å². The first-order valence-corrected chi connectivity index (χ1v) is 7.32. The summed E-state index contributed by atoms with van der Waals surface area (Å²) in [6.45, 7) is 2.11. The van der Waals surface area contributed by atoms with Crippen molar-refractivity contribution in [3.8, 4) is 0 Å². The average molecular weight is 332 g/mol. The number of hydrogen-bond acceptors (Lipinski definition) is 2. The normalized spacial score (nSPS) is 12.7. The third-order valence-electron chi connectivity index (χ3n) is 2.55. The lowest BCUT2D eigenvalue weighted by Crippen LogP contribution is -1.98. The molecular weight excluding hydrogens is 320 g/mol. The Morgan fingerprint density at radius 3 is 2.76 bits per heavy atom. The standard InChI is InChI=1S/C13H12BrClOS/c1-2-9-4-6-12(17-9)13(16)10-7-8(15)3-5-11(10)14/h3-7,13,16H,2H2,1H3. The van der Waals surface area contributed by atoms with Crippen LogP contribution >= 0.6 is 38.9 Å². The van der Waals surface area contributed by atoms with Crippen LogP contribution in [0.1, 0.15) is 28.3 Å². The van der Waals surface area contributed by atoms with Crippen molar-refractivity contribution in [3.63, 3.8) is 0 Å². The molecule has 0 fully saturated rings. The van der Waals surface area contributed by atoms with E-state index >= 15 is 0 Å². The van der Waals surface area contributed by atoms with Gasteiger partial charge in [-0.3, -0.25) is 0 Å². The average Bonchev–Trinajstić information content (AvgIpc) is 2.80. The van der Waals surface area contributed by atoms with Crippen LogP contribution in [0.15, 0.2) is 34.8 Å². The number of benzene rings is 1. The summed E-state index contributed by atoms with van der Waals surface area (Å²) >= 11 is 11.0. The predicted octanol–water partition coefficient (Wildman–Crippen LogP) is 4.81. The molecule has 0 saturated heterocycles. The fourth-order valence-electron chi connectivity index (χ4n) is 1.61. The van der Waals surface area contributed by atoms with E-state index < -0.39 is 6.10 Å². The first-order chi connectivity index (χ1) is 8.11. The molecule has 0 amide bonds. The SMILES string of the molecule is CCc1ccc(C(O)c2cc(Cl)ccc2Br)s1. The molecule has 1 N–H and O–H groups in total. The van der Waals surface area contributed by atoms with Gasteiger partial charge in [0, 0.05) is 24.8 Å². The maximum Gasteiger partial charge on any atom is 0.114 e. The summed E-state index contributed by atoms with van der Waals surface area (Å²) in [7, 11) is 0. The van der Waals surface area contributed by atoms with Gasteiger partial charge in [-0.15, -0.1) is 11.3 Å². The molecule has 2 rings (SSSR count). The Labute approximate surface area is 118 Å². The zero-order valence-electron chi connectivity index (χ0n) is 9.28. The Bertz CT molecular complexity index is 524. The molecule has 0 aliphatic heterocycles. The van der Waals surface area contributed by atoms with Gasteiger partial charge in [0.1, 0.15) is 6.10 Å². The molecule has 1 aromatic carbocycles. The van der Waals surface area contributed by atoms with Crippen LogP contribution in [0.2, 0.25) is 5.02 Å². The van der Waals surface area contributed by atoms with Gasteiger partial charge in [0.15, 0.2) is 0 Å². The van der Waals surface area contributed by atoms with Gasteiger partial charge in [-0.2, -0.15) is 0 Å². The van der Waals surface area contributed by atoms with Crippen LogP contribution in [0.25, 0.3) is 0 Å². The lowest BCUT2D eigenvalue weighted by atomic mass is 10.1. The van der Waals surface area contributed by atoms with Gasteiger partial charge in [-0.05, 0) is 36.8 Å². The number of halogens is 2. The molecule has 17 heavy (non-hydrogen) atoms. The molecule has 1 aromatic heterocycles. The van der Waals surface area contributed by atoms with Crippen molar-refractivity contribution in [2.24, 2.45) is 0 Å². The highest BCUT2D eigenvalue weighted by Gasteiger charge is 2.16. The van der Waals surface area contributed by atoms with Crippen LogP contribution in [-0.4, -0.2) is 5.11 Å². The lowest BCUT2D eigenvalue weighted by Gasteiger charge is -2.11. The molecule has 1 atom stereocenters. The van der Waals surface area contributed by atoms with Crippen molar-refractivity contribution >= 4 is 38.9 Å². The molecule has 0 spiro atoms. The third kappa shape index (κ3) is 2.91. The fourth-order valence-corrected chi connectivity index (χ4v) is 3.21. The maximum atomic E-state index is 10.3. The second-order valence-electron chi connectivity index (χ2n) is 3.73. The Balaban J connectivity index is 2.35. The van der Waals surface area contributed by atoms with Gasteiger partial charge < -0.3 is 5.11 Å². The van der Waals surface area contributed by atoms with Crippen LogP contribution < -0.4 is 0 Å². The molecule has 0 radical (unpaired) electrons. The largest absolute Gasteiger partial charge is 0.383 e. The predicted molar refractivity (Wildman–Crippen MR) is 76.9 cm³/mol. The number of thiophene rings is 1. The maximum absolute atomic E-state index is 10.3. The van der Waals surface area contributed by atoms with Crippen LogP contribution in [0.5, 0.6) is 0 Å². The van der Waals surface area contributed by atoms with Gasteiger partial charge in [-0.1, -0.05) is 34.5 Å². The molecule has 0 bridgehead atoms. The first kappa shape index (κ1) is 13.1. The Morgan fingerprint density at radius 2 is 2.12 bits per heavy atom. The fraction of sp³-hybridized carbons (Fsp3) is 0.231. The van der Waals surface area contributed by atoms with Crippen LogP contribution in [0.3, 0.4) is 0 Å². The number of aliphatic hydroxyl groups excluding tert-OH is 1. The monoisotopic (exact) mass is 330 g/mol. The van der Waals surface area contributed by atoms with Gasteiger partial charge in [0.25, 0.3) is 0 Å². The highest BCUT2D eigenvalue weighted by atomic mass is 79.9. The molecular formula is C13H12BrClOS. The highest BCUT2D eigenvalue weighted by molar-refractivity contribution is 9.10. The number of aliphatic hydroxyl groups is 1. The van der Waals surface area contributed by atoms with Crippen molar-refractivity contribution < 1.29 is 5.11 Å². The minimum Gasteiger partial charge on any atom is -0.383 e. The minimum absolute atomic E-state index is 0.617. The van der Waals surface area contributed by atoms with E-state index in [-0.39, 0.29) is 0 Å². The smallest absolute Gasteiger partial charge is 0.114 e. The van der Waals surface area contributed by atoms with Gasteiger partial charge in [-0.25, -0.2) is 0 Å². The number of aryl methyl sites for hydroxylation is 1. The van der Waals surface area contributed by atoms with E-state index in [1.165, 1.54) is 4.88 Å². The van der Waals surface area contributed by atoms with Crippen molar-refractivity contribution in [1.82, 2.24) is 0 Å². The number of hydrogen-bond donors (Lipinski definition) is 1. The van der Waals surface area contributed by atoms with E-state index in [1.807, 2.05) is 12.1 Å². The molecule has 4 heteroatoms. The second kappa shape index (κ2) is 5.53. The molecule has 90 valence electrons. The zero-order valence-corrected chi connectivity index (χ0v) is 12.4. The van der Waals surface area contributed by atoms with E-state index in [0.29, 0.717) is 5.02 Å². The summed E-state index contributed by atoms with van der Waals surface area (Å²) in [6, 6.07) is 9.48. The summed E-state index contributed by atoms with van der Waals surface area (Å²) in [5.41, 5.74) is 0.807. The molecule has 1 unspecified atom stereocenters. The van der Waals surface area contributed by atoms with E-state index in [4.69, 9.17) is 11.6 Å². The van der Waals surface area contributed by atoms with Gasteiger partial charge in [0.2, 0.25) is 0 Å². The van der Waals surface area contributed by atoms with E-state index in [1.54, 1.807) is 23.5 Å². The summed E-state index contributed by atoms with van der Waals surface area (Å²) in [6.07, 6.45) is 0.377. The zero-order chi connectivity index (χ0) is 12.4. The lowest BCUT2D eigenvalue weighted by molar-refractivity contribution is 0.223. The molecule has 1 heterocycles. The highest BCUT2D eigenvalue weighted by Crippen LogP contribution is 2.34. The molecule has 1 nitrogen and oxygen atoms in total. The summed E-state index contributed by atoms with van der Waals surface area (Å²) in [5, 5.41) is 11.0. The van der Waals surface area contributed by atoms with Crippen LogP contribution in [0.4, 0.5) is 0 Å². The summed E-state index contributed by atoms with van der Waals surface area (Å²) in [4.78, 5) is 2.22. The van der Waals surface area contributed by atoms with Crippen molar-refractivity contribution in [2.75, 3.05) is 0 Å². The van der Waals surface area contributed by atoms with E-state index in [0.717, 1.165) is 21.3 Å². The minimum atomic E-state index is -0.617. The molecule has 0 aliphatic carbocycles. The molecule has 2 aromatic rings. The molecule has 0 aliphatic rings. The topological polar surface area (TPSA) is 20.2 Å². The Hall–Kier alpha value is -0.350. The van der Waals surface area contributed by atoms with Gasteiger partial charge in [0.05, 0.1) is 0 Å². The first-order valence-electron chi connectivity index (χ1n) is 5.33. The summed E-state index contributed by atoms with van der Waals surface area (Å²) < 4.78 is 0.876. The second-order valence-corrected chi connectivity index (χ2v) is 6.22. The van der Waals surface area contributed by atoms with Crippen LogP contribution in [-0.2, 0) is 6.42 Å². The van der Waals surface area contributed by atoms with Gasteiger partial charge >= 0.3 is 0 Å². The van der Waals surface area contributed by atoms with Crippen LogP contribution in [0, 0.1) is 0 Å². The van der Waals surface area contributed by atoms with Crippen molar-refractivity contribution in [2.45, 2.75) is 19.4 Å². The summed E-state index contributed by atoms with van der Waals surface area (Å²) in [5.74, 6) is 0. The Morgan fingerprint density at radius 1 is 1.35 bits per heavy atom. The number of rotatable bonds is 3. The quantitative estimate of drug-likeness (QED) is 0.856. The van der Waals surface area contributed by atoms with E-state index in [9.17, 15) is 5.11 Å². The molecule has 0 saturated carbocycles. The van der Waals surface area contributed by atoms with E-state index in [2.05, 4.69) is 28.9 Å². The Kier molecular flexibility index (Phi) is 4.26.